The molecule has 0 saturated heterocycles. The van der Waals surface area contributed by atoms with Gasteiger partial charge in [-0.25, -0.2) is 4.79 Å². The van der Waals surface area contributed by atoms with Crippen molar-refractivity contribution in [3.63, 3.8) is 0 Å². The summed E-state index contributed by atoms with van der Waals surface area (Å²) in [7, 11) is 3.11. The minimum atomic E-state index is -1.00. The van der Waals surface area contributed by atoms with Crippen LogP contribution in [0.2, 0.25) is 5.02 Å². The van der Waals surface area contributed by atoms with Gasteiger partial charge in [0, 0.05) is 11.6 Å². The monoisotopic (exact) mass is 505 g/mol. The SMILES string of the molecule is COc1ccc(C(=O)O)cc1NCc1cc(Br)c(OCc2ccc(Cl)cc2)c(OC)c1. The molecule has 0 aliphatic heterocycles. The number of hydrogen-bond acceptors (Lipinski definition) is 5. The third-order valence-electron chi connectivity index (χ3n) is 4.52. The van der Waals surface area contributed by atoms with Gasteiger partial charge >= 0.3 is 5.97 Å². The first-order valence-electron chi connectivity index (χ1n) is 9.30. The fourth-order valence-corrected chi connectivity index (χ4v) is 3.66. The highest BCUT2D eigenvalue weighted by Crippen LogP contribution is 2.37. The van der Waals surface area contributed by atoms with Crippen molar-refractivity contribution in [2.75, 3.05) is 19.5 Å². The Bertz CT molecular complexity index is 1070. The lowest BCUT2D eigenvalue weighted by atomic mass is 10.1. The quantitative estimate of drug-likeness (QED) is 0.370. The predicted octanol–water partition coefficient (Wildman–Crippen LogP) is 6.01. The van der Waals surface area contributed by atoms with E-state index in [-0.39, 0.29) is 5.56 Å². The number of carbonyl (C=O) groups is 1. The van der Waals surface area contributed by atoms with E-state index in [9.17, 15) is 9.90 Å². The largest absolute Gasteiger partial charge is 0.495 e. The van der Waals surface area contributed by atoms with Crippen molar-refractivity contribution < 1.29 is 24.1 Å². The lowest BCUT2D eigenvalue weighted by Crippen LogP contribution is -2.05. The fourth-order valence-electron chi connectivity index (χ4n) is 2.93. The van der Waals surface area contributed by atoms with E-state index in [1.807, 2.05) is 36.4 Å². The summed E-state index contributed by atoms with van der Waals surface area (Å²) in [5, 5.41) is 13.1. The zero-order chi connectivity index (χ0) is 22.4. The van der Waals surface area contributed by atoms with E-state index in [1.54, 1.807) is 13.2 Å². The number of methoxy groups -OCH3 is 2. The number of aromatic carboxylic acids is 1. The maximum atomic E-state index is 11.3. The van der Waals surface area contributed by atoms with E-state index in [4.69, 9.17) is 25.8 Å². The van der Waals surface area contributed by atoms with Gasteiger partial charge in [-0.3, -0.25) is 0 Å². The second-order valence-corrected chi connectivity index (χ2v) is 7.89. The minimum Gasteiger partial charge on any atom is -0.495 e. The molecule has 0 spiro atoms. The van der Waals surface area contributed by atoms with Gasteiger partial charge in [-0.2, -0.15) is 0 Å². The number of anilines is 1. The Morgan fingerprint density at radius 1 is 1.00 bits per heavy atom. The van der Waals surface area contributed by atoms with Crippen molar-refractivity contribution in [1.82, 2.24) is 0 Å². The van der Waals surface area contributed by atoms with Crippen LogP contribution in [0.5, 0.6) is 17.2 Å². The third-order valence-corrected chi connectivity index (χ3v) is 5.36. The number of nitrogens with one attached hydrogen (secondary N) is 1. The third kappa shape index (κ3) is 5.83. The molecule has 0 aliphatic carbocycles. The molecule has 0 aliphatic rings. The van der Waals surface area contributed by atoms with Gasteiger partial charge in [0.1, 0.15) is 12.4 Å². The van der Waals surface area contributed by atoms with E-state index >= 15 is 0 Å². The van der Waals surface area contributed by atoms with Crippen LogP contribution in [0.1, 0.15) is 21.5 Å². The molecule has 0 aromatic heterocycles. The molecule has 0 amide bonds. The Hall–Kier alpha value is -2.90. The first kappa shape index (κ1) is 22.8. The highest BCUT2D eigenvalue weighted by molar-refractivity contribution is 9.10. The van der Waals surface area contributed by atoms with E-state index in [2.05, 4.69) is 21.2 Å². The molecule has 3 aromatic rings. The van der Waals surface area contributed by atoms with Crippen LogP contribution >= 0.6 is 27.5 Å². The van der Waals surface area contributed by atoms with Gasteiger partial charge in [0.05, 0.1) is 29.9 Å². The van der Waals surface area contributed by atoms with Crippen LogP contribution in [0, 0.1) is 0 Å². The average Bonchev–Trinajstić information content (AvgIpc) is 2.77. The lowest BCUT2D eigenvalue weighted by molar-refractivity contribution is 0.0697. The van der Waals surface area contributed by atoms with Crippen molar-refractivity contribution >= 4 is 39.2 Å². The number of benzene rings is 3. The van der Waals surface area contributed by atoms with Crippen LogP contribution in [-0.2, 0) is 13.2 Å². The van der Waals surface area contributed by atoms with Gasteiger partial charge < -0.3 is 24.6 Å². The van der Waals surface area contributed by atoms with Crippen molar-refractivity contribution in [2.24, 2.45) is 0 Å². The Balaban J connectivity index is 1.76. The Morgan fingerprint density at radius 2 is 1.71 bits per heavy atom. The van der Waals surface area contributed by atoms with E-state index in [1.165, 1.54) is 19.2 Å². The van der Waals surface area contributed by atoms with Gasteiger partial charge in [0.25, 0.3) is 0 Å². The highest BCUT2D eigenvalue weighted by atomic mass is 79.9. The van der Waals surface area contributed by atoms with Gasteiger partial charge in [0.2, 0.25) is 0 Å². The summed E-state index contributed by atoms with van der Waals surface area (Å²) in [6.45, 7) is 0.786. The Morgan fingerprint density at radius 3 is 2.35 bits per heavy atom. The predicted molar refractivity (Wildman–Crippen MR) is 124 cm³/mol. The zero-order valence-corrected chi connectivity index (χ0v) is 19.3. The van der Waals surface area contributed by atoms with Crippen molar-refractivity contribution in [3.8, 4) is 17.2 Å². The summed E-state index contributed by atoms with van der Waals surface area (Å²) in [6.07, 6.45) is 0. The lowest BCUT2D eigenvalue weighted by Gasteiger charge is -2.16. The maximum Gasteiger partial charge on any atom is 0.335 e. The van der Waals surface area contributed by atoms with Crippen molar-refractivity contribution in [1.29, 1.82) is 0 Å². The molecular weight excluding hydrogens is 486 g/mol. The molecule has 2 N–H and O–H groups in total. The molecule has 8 heteroatoms. The summed E-state index contributed by atoms with van der Waals surface area (Å²) in [6, 6.07) is 15.9. The number of carboxylic acids is 1. The Kier molecular flexibility index (Phi) is 7.65. The second kappa shape index (κ2) is 10.4. The van der Waals surface area contributed by atoms with Crippen LogP contribution < -0.4 is 19.5 Å². The van der Waals surface area contributed by atoms with Crippen LogP contribution in [0.3, 0.4) is 0 Å². The van der Waals surface area contributed by atoms with Gasteiger partial charge in [-0.1, -0.05) is 23.7 Å². The van der Waals surface area contributed by atoms with E-state index in [0.717, 1.165) is 15.6 Å². The second-order valence-electron chi connectivity index (χ2n) is 6.60. The summed E-state index contributed by atoms with van der Waals surface area (Å²) in [5.74, 6) is 0.717. The summed E-state index contributed by atoms with van der Waals surface area (Å²) in [5.41, 5.74) is 2.65. The number of carboxylic acid groups (broad SMARTS) is 1. The number of halogens is 2. The molecule has 6 nitrogen and oxygen atoms in total. The Labute approximate surface area is 193 Å². The normalized spacial score (nSPS) is 10.5. The molecule has 162 valence electrons. The first-order chi connectivity index (χ1) is 14.9. The van der Waals surface area contributed by atoms with Gasteiger partial charge in [-0.15, -0.1) is 0 Å². The van der Waals surface area contributed by atoms with Crippen LogP contribution in [0.25, 0.3) is 0 Å². The zero-order valence-electron chi connectivity index (χ0n) is 16.9. The summed E-state index contributed by atoms with van der Waals surface area (Å²) < 4.78 is 17.5. The van der Waals surface area contributed by atoms with E-state index < -0.39 is 5.97 Å². The van der Waals surface area contributed by atoms with Crippen LogP contribution in [-0.4, -0.2) is 25.3 Å². The molecule has 0 saturated carbocycles. The van der Waals surface area contributed by atoms with Crippen LogP contribution in [0.4, 0.5) is 5.69 Å². The van der Waals surface area contributed by atoms with Crippen molar-refractivity contribution in [2.45, 2.75) is 13.2 Å². The highest BCUT2D eigenvalue weighted by Gasteiger charge is 2.14. The summed E-state index contributed by atoms with van der Waals surface area (Å²) >= 11 is 9.48. The molecule has 3 rings (SSSR count). The van der Waals surface area contributed by atoms with Crippen LogP contribution in [0.15, 0.2) is 59.1 Å². The van der Waals surface area contributed by atoms with Crippen molar-refractivity contribution in [3.05, 3.63) is 80.8 Å². The molecule has 0 unspecified atom stereocenters. The van der Waals surface area contributed by atoms with Gasteiger partial charge in [-0.05, 0) is 69.5 Å². The fraction of sp³-hybridized carbons (Fsp3) is 0.174. The molecule has 0 heterocycles. The molecule has 0 atom stereocenters. The van der Waals surface area contributed by atoms with E-state index in [0.29, 0.717) is 41.1 Å². The molecular formula is C23H21BrClNO5. The number of rotatable bonds is 9. The molecule has 31 heavy (non-hydrogen) atoms. The van der Waals surface area contributed by atoms with Gasteiger partial charge in [0.15, 0.2) is 11.5 Å². The smallest absolute Gasteiger partial charge is 0.335 e. The number of ether oxygens (including phenoxy) is 3. The molecule has 3 aromatic carbocycles. The molecule has 0 fully saturated rings. The first-order valence-corrected chi connectivity index (χ1v) is 10.5. The molecule has 0 radical (unpaired) electrons. The standard InChI is InChI=1S/C23H21BrClNO5/c1-29-20-8-5-16(23(27)28)11-19(20)26-12-15-9-18(24)22(21(10-15)30-2)31-13-14-3-6-17(25)7-4-14/h3-11,26H,12-13H2,1-2H3,(H,27,28). The summed E-state index contributed by atoms with van der Waals surface area (Å²) in [4.78, 5) is 11.3. The maximum absolute atomic E-state index is 11.3. The average molecular weight is 507 g/mol. The number of hydrogen-bond donors (Lipinski definition) is 2. The topological polar surface area (TPSA) is 77.0 Å². The minimum absolute atomic E-state index is 0.174. The molecule has 0 bridgehead atoms.